The van der Waals surface area contributed by atoms with Crippen LogP contribution in [0.1, 0.15) is 57.2 Å². The van der Waals surface area contributed by atoms with Crippen molar-refractivity contribution in [2.24, 2.45) is 11.7 Å². The molecule has 1 saturated carbocycles. The molecule has 18 heavy (non-hydrogen) atoms. The van der Waals surface area contributed by atoms with E-state index in [1.165, 1.54) is 25.7 Å². The lowest BCUT2D eigenvalue weighted by Gasteiger charge is -2.18. The van der Waals surface area contributed by atoms with E-state index in [4.69, 9.17) is 10.5 Å². The van der Waals surface area contributed by atoms with Crippen molar-refractivity contribution in [2.45, 2.75) is 58.0 Å². The SMILES string of the molecule is CCCn1ncc(OC)c1C(N)CC1CCCC1. The Bertz CT molecular complexity index is 369. The van der Waals surface area contributed by atoms with Crippen LogP contribution in [0.5, 0.6) is 5.75 Å². The molecular weight excluding hydrogens is 226 g/mol. The molecule has 0 aliphatic heterocycles. The van der Waals surface area contributed by atoms with Crippen molar-refractivity contribution in [2.75, 3.05) is 7.11 Å². The van der Waals surface area contributed by atoms with Gasteiger partial charge in [0.2, 0.25) is 0 Å². The average Bonchev–Trinajstić information content (AvgIpc) is 2.98. The summed E-state index contributed by atoms with van der Waals surface area (Å²) in [5.41, 5.74) is 7.46. The van der Waals surface area contributed by atoms with E-state index in [0.29, 0.717) is 0 Å². The fourth-order valence-corrected chi connectivity index (χ4v) is 3.02. The molecule has 1 aliphatic rings. The molecule has 2 N–H and O–H groups in total. The van der Waals surface area contributed by atoms with E-state index in [9.17, 15) is 0 Å². The molecule has 2 rings (SSSR count). The number of nitrogens with zero attached hydrogens (tertiary/aromatic N) is 2. The van der Waals surface area contributed by atoms with Gasteiger partial charge in [-0.3, -0.25) is 4.68 Å². The van der Waals surface area contributed by atoms with Gasteiger partial charge in [0.15, 0.2) is 5.75 Å². The van der Waals surface area contributed by atoms with Crippen LogP contribution in [-0.2, 0) is 6.54 Å². The molecule has 1 aliphatic carbocycles. The highest BCUT2D eigenvalue weighted by molar-refractivity contribution is 5.28. The van der Waals surface area contributed by atoms with Crippen molar-refractivity contribution < 1.29 is 4.74 Å². The van der Waals surface area contributed by atoms with E-state index in [0.717, 1.165) is 36.7 Å². The van der Waals surface area contributed by atoms with Gasteiger partial charge in [-0.25, -0.2) is 0 Å². The zero-order valence-corrected chi connectivity index (χ0v) is 11.6. The van der Waals surface area contributed by atoms with E-state index in [2.05, 4.69) is 12.0 Å². The van der Waals surface area contributed by atoms with Gasteiger partial charge < -0.3 is 10.5 Å². The van der Waals surface area contributed by atoms with Gasteiger partial charge in [-0.05, 0) is 18.8 Å². The summed E-state index contributed by atoms with van der Waals surface area (Å²) in [6, 6.07) is 0.0529. The monoisotopic (exact) mass is 251 g/mol. The van der Waals surface area contributed by atoms with Crippen molar-refractivity contribution in [3.8, 4) is 5.75 Å². The van der Waals surface area contributed by atoms with Gasteiger partial charge in [-0.15, -0.1) is 0 Å². The molecule has 4 heteroatoms. The Morgan fingerprint density at radius 3 is 2.83 bits per heavy atom. The molecule has 102 valence electrons. The number of hydrogen-bond acceptors (Lipinski definition) is 3. The number of nitrogens with two attached hydrogens (primary N) is 1. The number of rotatable bonds is 6. The summed E-state index contributed by atoms with van der Waals surface area (Å²) in [6.45, 7) is 3.07. The Labute approximate surface area is 110 Å². The smallest absolute Gasteiger partial charge is 0.161 e. The first-order chi connectivity index (χ1) is 8.76. The van der Waals surface area contributed by atoms with Crippen LogP contribution < -0.4 is 10.5 Å². The van der Waals surface area contributed by atoms with Gasteiger partial charge in [0.1, 0.15) is 0 Å². The molecule has 0 aromatic carbocycles. The maximum Gasteiger partial charge on any atom is 0.161 e. The summed E-state index contributed by atoms with van der Waals surface area (Å²) in [5.74, 6) is 1.63. The van der Waals surface area contributed by atoms with Crippen LogP contribution in [0.2, 0.25) is 0 Å². The van der Waals surface area contributed by atoms with Crippen LogP contribution in [-0.4, -0.2) is 16.9 Å². The molecule has 0 radical (unpaired) electrons. The summed E-state index contributed by atoms with van der Waals surface area (Å²) < 4.78 is 7.41. The van der Waals surface area contributed by atoms with E-state index >= 15 is 0 Å². The number of hydrogen-bond donors (Lipinski definition) is 1. The fraction of sp³-hybridized carbons (Fsp3) is 0.786. The van der Waals surface area contributed by atoms with Gasteiger partial charge in [0, 0.05) is 6.54 Å². The molecule has 4 nitrogen and oxygen atoms in total. The highest BCUT2D eigenvalue weighted by Crippen LogP contribution is 2.34. The summed E-state index contributed by atoms with van der Waals surface area (Å²) >= 11 is 0. The Hall–Kier alpha value is -1.03. The zero-order chi connectivity index (χ0) is 13.0. The third-order valence-corrected chi connectivity index (χ3v) is 3.91. The maximum atomic E-state index is 6.39. The Morgan fingerprint density at radius 2 is 2.22 bits per heavy atom. The molecule has 0 spiro atoms. The van der Waals surface area contributed by atoms with Crippen LogP contribution in [0.15, 0.2) is 6.20 Å². The molecule has 0 amide bonds. The average molecular weight is 251 g/mol. The molecule has 0 saturated heterocycles. The largest absolute Gasteiger partial charge is 0.493 e. The van der Waals surface area contributed by atoms with Crippen LogP contribution in [0.25, 0.3) is 0 Å². The molecule has 1 unspecified atom stereocenters. The highest BCUT2D eigenvalue weighted by Gasteiger charge is 2.24. The molecule has 1 aromatic heterocycles. The summed E-state index contributed by atoms with van der Waals surface area (Å²) in [5, 5.41) is 4.38. The van der Waals surface area contributed by atoms with Gasteiger partial charge in [0.25, 0.3) is 0 Å². The highest BCUT2D eigenvalue weighted by atomic mass is 16.5. The first-order valence-corrected chi connectivity index (χ1v) is 7.11. The predicted octanol–water partition coefficient (Wildman–Crippen LogP) is 2.88. The second-order valence-corrected chi connectivity index (χ2v) is 5.31. The molecule has 0 bridgehead atoms. The van der Waals surface area contributed by atoms with Gasteiger partial charge in [-0.2, -0.15) is 5.10 Å². The Morgan fingerprint density at radius 1 is 1.50 bits per heavy atom. The van der Waals surface area contributed by atoms with E-state index in [1.807, 2.05) is 4.68 Å². The molecule has 1 atom stereocenters. The summed E-state index contributed by atoms with van der Waals surface area (Å²) in [7, 11) is 1.69. The topological polar surface area (TPSA) is 53.1 Å². The van der Waals surface area contributed by atoms with Gasteiger partial charge in [-0.1, -0.05) is 32.6 Å². The van der Waals surface area contributed by atoms with E-state index < -0.39 is 0 Å². The first kappa shape index (κ1) is 13.4. The summed E-state index contributed by atoms with van der Waals surface area (Å²) in [4.78, 5) is 0. The summed E-state index contributed by atoms with van der Waals surface area (Å²) in [6.07, 6.45) is 9.31. The van der Waals surface area contributed by atoms with Crippen molar-refractivity contribution in [3.63, 3.8) is 0 Å². The zero-order valence-electron chi connectivity index (χ0n) is 11.6. The predicted molar refractivity (Wildman–Crippen MR) is 72.6 cm³/mol. The number of aryl methyl sites for hydroxylation is 1. The third kappa shape index (κ3) is 2.86. The van der Waals surface area contributed by atoms with Crippen LogP contribution in [0, 0.1) is 5.92 Å². The van der Waals surface area contributed by atoms with Crippen molar-refractivity contribution in [1.29, 1.82) is 0 Å². The van der Waals surface area contributed by atoms with Crippen LogP contribution >= 0.6 is 0 Å². The minimum Gasteiger partial charge on any atom is -0.493 e. The quantitative estimate of drug-likeness (QED) is 0.845. The van der Waals surface area contributed by atoms with E-state index in [1.54, 1.807) is 13.3 Å². The molecule has 1 heterocycles. The number of ether oxygens (including phenoxy) is 1. The number of aromatic nitrogens is 2. The lowest BCUT2D eigenvalue weighted by atomic mass is 9.97. The Kier molecular flexibility index (Phi) is 4.64. The number of methoxy groups -OCH3 is 1. The standard InChI is InChI=1S/C14H25N3O/c1-3-8-17-14(13(18-2)10-16-17)12(15)9-11-6-4-5-7-11/h10-12H,3-9,15H2,1-2H3. The van der Waals surface area contributed by atoms with Crippen LogP contribution in [0.3, 0.4) is 0 Å². The molecule has 1 aromatic rings. The normalized spacial score (nSPS) is 18.2. The second-order valence-electron chi connectivity index (χ2n) is 5.31. The lowest BCUT2D eigenvalue weighted by molar-refractivity contribution is 0.382. The molecular formula is C14H25N3O. The van der Waals surface area contributed by atoms with Crippen molar-refractivity contribution in [1.82, 2.24) is 9.78 Å². The molecule has 1 fully saturated rings. The maximum absolute atomic E-state index is 6.39. The minimum absolute atomic E-state index is 0.0529. The van der Waals surface area contributed by atoms with Crippen LogP contribution in [0.4, 0.5) is 0 Å². The van der Waals surface area contributed by atoms with Gasteiger partial charge in [0.05, 0.1) is 25.0 Å². The van der Waals surface area contributed by atoms with Crippen molar-refractivity contribution in [3.05, 3.63) is 11.9 Å². The van der Waals surface area contributed by atoms with Gasteiger partial charge >= 0.3 is 0 Å². The van der Waals surface area contributed by atoms with E-state index in [-0.39, 0.29) is 6.04 Å². The fourth-order valence-electron chi connectivity index (χ4n) is 3.02. The van der Waals surface area contributed by atoms with Crippen molar-refractivity contribution >= 4 is 0 Å². The second kappa shape index (κ2) is 6.23. The lowest BCUT2D eigenvalue weighted by Crippen LogP contribution is -2.19. The minimum atomic E-state index is 0.0529. The Balaban J connectivity index is 2.10. The first-order valence-electron chi connectivity index (χ1n) is 7.11. The third-order valence-electron chi connectivity index (χ3n) is 3.91.